The number of nitrogens with one attached hydrogen (secondary N) is 1. The summed E-state index contributed by atoms with van der Waals surface area (Å²) >= 11 is 0. The Bertz CT molecular complexity index is 1420. The highest BCUT2D eigenvalue weighted by Gasteiger charge is 2.28. The van der Waals surface area contributed by atoms with Crippen LogP contribution < -0.4 is 5.32 Å². The summed E-state index contributed by atoms with van der Waals surface area (Å²) in [5, 5.41) is 3.35. The van der Waals surface area contributed by atoms with Crippen molar-refractivity contribution in [1.29, 1.82) is 0 Å². The van der Waals surface area contributed by atoms with Crippen LogP contribution >= 0.6 is 0 Å². The van der Waals surface area contributed by atoms with E-state index in [0.29, 0.717) is 18.4 Å². The van der Waals surface area contributed by atoms with Crippen LogP contribution in [0.3, 0.4) is 0 Å². The third-order valence-electron chi connectivity index (χ3n) is 7.91. The van der Waals surface area contributed by atoms with E-state index in [-0.39, 0.29) is 5.92 Å². The lowest BCUT2D eigenvalue weighted by molar-refractivity contribution is 0.225. The number of likely N-dealkylation sites (N-methyl/N-ethyl adjacent to an activating group) is 1. The molecule has 0 aliphatic heterocycles. The first kappa shape index (κ1) is 26.9. The summed E-state index contributed by atoms with van der Waals surface area (Å²) in [7, 11) is 2.23. The van der Waals surface area contributed by atoms with E-state index in [0.717, 1.165) is 46.6 Å². The maximum atomic E-state index is 14.0. The van der Waals surface area contributed by atoms with Gasteiger partial charge in [-0.1, -0.05) is 62.7 Å². The molecule has 6 heteroatoms. The van der Waals surface area contributed by atoms with E-state index < -0.39 is 11.6 Å². The molecule has 4 nitrogen and oxygen atoms in total. The third kappa shape index (κ3) is 6.01. The standard InChI is InChI=1S/C33H36F2N4/c1-4-8-26(5-2)39(3)18-17-22-11-14-25(15-12-22)37-33-36-21-24-19-29(23-13-16-30(34)31(35)20-23)27-9-6-7-10-28(27)32(24)38-33/h6-7,9-16,20-21,26,29H,4-5,8,17-19H2,1-3H3,(H,36,37,38). The summed E-state index contributed by atoms with van der Waals surface area (Å²) in [6, 6.07) is 21.3. The van der Waals surface area contributed by atoms with Gasteiger partial charge in [0.25, 0.3) is 0 Å². The van der Waals surface area contributed by atoms with Crippen molar-refractivity contribution in [3.8, 4) is 11.3 Å². The lowest BCUT2D eigenvalue weighted by Crippen LogP contribution is -2.32. The van der Waals surface area contributed by atoms with E-state index in [1.165, 1.54) is 37.0 Å². The molecule has 1 aliphatic rings. The molecule has 0 saturated heterocycles. The molecule has 0 amide bonds. The van der Waals surface area contributed by atoms with Gasteiger partial charge in [0.1, 0.15) is 0 Å². The van der Waals surface area contributed by atoms with Gasteiger partial charge < -0.3 is 10.2 Å². The quantitative estimate of drug-likeness (QED) is 0.228. The summed E-state index contributed by atoms with van der Waals surface area (Å²) < 4.78 is 27.6. The minimum Gasteiger partial charge on any atom is -0.324 e. The number of halogens is 2. The smallest absolute Gasteiger partial charge is 0.227 e. The topological polar surface area (TPSA) is 41.0 Å². The van der Waals surface area contributed by atoms with Gasteiger partial charge in [-0.05, 0) is 79.3 Å². The van der Waals surface area contributed by atoms with Crippen molar-refractivity contribution in [2.45, 2.75) is 57.9 Å². The van der Waals surface area contributed by atoms with Crippen LogP contribution in [0, 0.1) is 11.6 Å². The van der Waals surface area contributed by atoms with E-state index in [9.17, 15) is 8.78 Å². The Morgan fingerprint density at radius 2 is 1.79 bits per heavy atom. The molecule has 2 atom stereocenters. The molecule has 1 N–H and O–H groups in total. The van der Waals surface area contributed by atoms with Crippen molar-refractivity contribution in [1.82, 2.24) is 14.9 Å². The van der Waals surface area contributed by atoms with Crippen LogP contribution in [0.1, 0.15) is 61.3 Å². The molecule has 202 valence electrons. The highest BCUT2D eigenvalue weighted by molar-refractivity contribution is 5.73. The lowest BCUT2D eigenvalue weighted by atomic mass is 9.78. The number of rotatable bonds is 10. The van der Waals surface area contributed by atoms with E-state index in [1.807, 2.05) is 30.5 Å². The molecule has 1 heterocycles. The predicted octanol–water partition coefficient (Wildman–Crippen LogP) is 7.91. The number of hydrogen-bond acceptors (Lipinski definition) is 4. The molecule has 5 rings (SSSR count). The Hall–Kier alpha value is -3.64. The molecule has 0 spiro atoms. The second-order valence-electron chi connectivity index (χ2n) is 10.5. The summed E-state index contributed by atoms with van der Waals surface area (Å²) in [5.74, 6) is -1.22. The maximum Gasteiger partial charge on any atom is 0.227 e. The molecular weight excluding hydrogens is 490 g/mol. The number of nitrogens with zero attached hydrogens (tertiary/aromatic N) is 3. The first-order chi connectivity index (χ1) is 19.0. The van der Waals surface area contributed by atoms with Gasteiger partial charge in [-0.15, -0.1) is 0 Å². The fraction of sp³-hybridized carbons (Fsp3) is 0.333. The predicted molar refractivity (Wildman–Crippen MR) is 154 cm³/mol. The lowest BCUT2D eigenvalue weighted by Gasteiger charge is -2.27. The number of aromatic nitrogens is 2. The normalized spacial score (nSPS) is 15.1. The van der Waals surface area contributed by atoms with Gasteiger partial charge in [-0.3, -0.25) is 0 Å². The molecule has 39 heavy (non-hydrogen) atoms. The third-order valence-corrected chi connectivity index (χ3v) is 7.91. The zero-order chi connectivity index (χ0) is 27.4. The number of hydrogen-bond donors (Lipinski definition) is 1. The molecule has 4 aromatic rings. The molecule has 1 aliphatic carbocycles. The van der Waals surface area contributed by atoms with Gasteiger partial charge in [0, 0.05) is 36.0 Å². The van der Waals surface area contributed by atoms with E-state index >= 15 is 0 Å². The summed E-state index contributed by atoms with van der Waals surface area (Å²) in [6.45, 7) is 5.56. The van der Waals surface area contributed by atoms with E-state index in [4.69, 9.17) is 4.98 Å². The summed E-state index contributed by atoms with van der Waals surface area (Å²) in [6.07, 6.45) is 7.13. The van der Waals surface area contributed by atoms with E-state index in [2.05, 4.69) is 60.4 Å². The molecule has 3 aromatic carbocycles. The van der Waals surface area contributed by atoms with Crippen LogP contribution in [0.5, 0.6) is 0 Å². The van der Waals surface area contributed by atoms with Crippen LogP contribution in [0.4, 0.5) is 20.4 Å². The number of fused-ring (bicyclic) bond motifs is 3. The monoisotopic (exact) mass is 526 g/mol. The largest absolute Gasteiger partial charge is 0.324 e. The average molecular weight is 527 g/mol. The minimum absolute atomic E-state index is 0.0904. The van der Waals surface area contributed by atoms with Crippen LogP contribution in [-0.2, 0) is 12.8 Å². The second-order valence-corrected chi connectivity index (χ2v) is 10.5. The van der Waals surface area contributed by atoms with Crippen molar-refractivity contribution in [3.05, 3.63) is 107 Å². The summed E-state index contributed by atoms with van der Waals surface area (Å²) in [4.78, 5) is 11.9. The Balaban J connectivity index is 1.30. The second kappa shape index (κ2) is 12.0. The van der Waals surface area contributed by atoms with E-state index in [1.54, 1.807) is 6.07 Å². The molecule has 1 aromatic heterocycles. The molecule has 0 saturated carbocycles. The van der Waals surface area contributed by atoms with Crippen molar-refractivity contribution >= 4 is 11.6 Å². The maximum absolute atomic E-state index is 14.0. The average Bonchev–Trinajstić information content (AvgIpc) is 2.96. The highest BCUT2D eigenvalue weighted by Crippen LogP contribution is 2.42. The Kier molecular flexibility index (Phi) is 8.32. The van der Waals surface area contributed by atoms with Crippen molar-refractivity contribution < 1.29 is 8.78 Å². The van der Waals surface area contributed by atoms with Crippen molar-refractivity contribution in [2.24, 2.45) is 0 Å². The summed E-state index contributed by atoms with van der Waals surface area (Å²) in [5.41, 5.74) is 6.90. The molecular formula is C33H36F2N4. The van der Waals surface area contributed by atoms with Crippen LogP contribution in [0.2, 0.25) is 0 Å². The van der Waals surface area contributed by atoms with Gasteiger partial charge in [0.05, 0.1) is 5.69 Å². The molecule has 0 fully saturated rings. The van der Waals surface area contributed by atoms with Crippen LogP contribution in [-0.4, -0.2) is 34.5 Å². The van der Waals surface area contributed by atoms with Gasteiger partial charge in [-0.2, -0.15) is 0 Å². The van der Waals surface area contributed by atoms with Crippen LogP contribution in [0.25, 0.3) is 11.3 Å². The first-order valence-electron chi connectivity index (χ1n) is 13.9. The van der Waals surface area contributed by atoms with Crippen LogP contribution in [0.15, 0.2) is 72.9 Å². The molecule has 2 unspecified atom stereocenters. The van der Waals surface area contributed by atoms with Gasteiger partial charge in [0.2, 0.25) is 5.95 Å². The number of anilines is 2. The fourth-order valence-corrected chi connectivity index (χ4v) is 5.66. The Labute approximate surface area is 230 Å². The number of benzene rings is 3. The Morgan fingerprint density at radius 3 is 2.54 bits per heavy atom. The van der Waals surface area contributed by atoms with Crippen molar-refractivity contribution in [2.75, 3.05) is 18.9 Å². The molecule has 0 bridgehead atoms. The van der Waals surface area contributed by atoms with Gasteiger partial charge in [0.15, 0.2) is 11.6 Å². The van der Waals surface area contributed by atoms with Gasteiger partial charge >= 0.3 is 0 Å². The minimum atomic E-state index is -0.834. The highest BCUT2D eigenvalue weighted by atomic mass is 19.2. The zero-order valence-corrected chi connectivity index (χ0v) is 22.9. The van der Waals surface area contributed by atoms with Gasteiger partial charge in [-0.25, -0.2) is 18.7 Å². The zero-order valence-electron chi connectivity index (χ0n) is 22.9. The first-order valence-corrected chi connectivity index (χ1v) is 13.9. The SMILES string of the molecule is CCCC(CC)N(C)CCc1ccc(Nc2ncc3c(n2)-c2ccccc2C(c2ccc(F)c(F)c2)C3)cc1. The molecule has 0 radical (unpaired) electrons. The van der Waals surface area contributed by atoms with Crippen molar-refractivity contribution in [3.63, 3.8) is 0 Å². The Morgan fingerprint density at radius 1 is 1.00 bits per heavy atom. The fourth-order valence-electron chi connectivity index (χ4n) is 5.66.